The lowest BCUT2D eigenvalue weighted by Crippen LogP contribution is -2.06. The monoisotopic (exact) mass is 190 g/mol. The minimum Gasteiger partial charge on any atom is -0.246 e. The zero-order valence-corrected chi connectivity index (χ0v) is 5.67. The Kier molecular flexibility index (Phi) is 4.32. The Labute approximate surface area is 54.2 Å². The molecule has 0 aliphatic rings. The van der Waals surface area contributed by atoms with Gasteiger partial charge in [-0.3, -0.25) is 0 Å². The Morgan fingerprint density at radius 1 is 1.25 bits per heavy atom. The van der Waals surface area contributed by atoms with Crippen LogP contribution in [-0.2, 0) is 0 Å². The maximum atomic E-state index is 11.9. The molecule has 0 fully saturated rings. The molecule has 0 unspecified atom stereocenters. The molecule has 0 amide bonds. The molecule has 0 saturated heterocycles. The molecule has 0 saturated carbocycles. The second-order valence-electron chi connectivity index (χ2n) is 1.38. The van der Waals surface area contributed by atoms with Crippen LogP contribution in [0.25, 0.3) is 0 Å². The molecule has 0 aromatic rings. The molecule has 4 heteroatoms. The summed E-state index contributed by atoms with van der Waals surface area (Å²) >= 11 is 2.73. The molecule has 1 atom stereocenters. The molecule has 50 valence electrons. The first-order valence-electron chi connectivity index (χ1n) is 2.15. The number of rotatable bonds is 3. The van der Waals surface area contributed by atoms with E-state index in [4.69, 9.17) is 0 Å². The predicted molar refractivity (Wildman–Crippen MR) is 29.3 cm³/mol. The van der Waals surface area contributed by atoms with E-state index in [1.807, 2.05) is 0 Å². The van der Waals surface area contributed by atoms with Crippen LogP contribution in [0.4, 0.5) is 13.2 Å². The van der Waals surface area contributed by atoms with Crippen LogP contribution in [0.1, 0.15) is 6.42 Å². The van der Waals surface area contributed by atoms with Crippen LogP contribution >= 0.6 is 15.9 Å². The van der Waals surface area contributed by atoms with Gasteiger partial charge < -0.3 is 0 Å². The van der Waals surface area contributed by atoms with E-state index < -0.39 is 19.0 Å². The summed E-state index contributed by atoms with van der Waals surface area (Å²) in [5.74, 6) is 0. The molecule has 0 aliphatic carbocycles. The van der Waals surface area contributed by atoms with Crippen LogP contribution in [0.3, 0.4) is 0 Å². The molecule has 0 radical (unpaired) electrons. The van der Waals surface area contributed by atoms with Crippen LogP contribution in [0, 0.1) is 0 Å². The summed E-state index contributed by atoms with van der Waals surface area (Å²) in [7, 11) is 0. The van der Waals surface area contributed by atoms with Crippen molar-refractivity contribution in [1.29, 1.82) is 0 Å². The topological polar surface area (TPSA) is 0 Å². The highest BCUT2D eigenvalue weighted by Crippen LogP contribution is 2.08. The summed E-state index contributed by atoms with van der Waals surface area (Å²) in [5, 5.41) is -0.00264. The molecular formula is C4H6BrF3. The van der Waals surface area contributed by atoms with Gasteiger partial charge in [-0.1, -0.05) is 15.9 Å². The highest BCUT2D eigenvalue weighted by atomic mass is 79.9. The van der Waals surface area contributed by atoms with Crippen LogP contribution in [0.15, 0.2) is 0 Å². The third-order valence-corrected chi connectivity index (χ3v) is 1.30. The van der Waals surface area contributed by atoms with Crippen molar-refractivity contribution in [3.63, 3.8) is 0 Å². The zero-order valence-electron chi connectivity index (χ0n) is 4.08. The first-order valence-corrected chi connectivity index (χ1v) is 3.27. The van der Waals surface area contributed by atoms with Crippen LogP contribution in [0.5, 0.6) is 0 Å². The number of alkyl halides is 4. The second-order valence-corrected chi connectivity index (χ2v) is 2.03. The van der Waals surface area contributed by atoms with Gasteiger partial charge in [0.05, 0.1) is 0 Å². The third-order valence-electron chi connectivity index (χ3n) is 0.601. The fraction of sp³-hybridized carbons (Fsp3) is 1.00. The smallest absolute Gasteiger partial charge is 0.241 e. The minimum atomic E-state index is -2.53. The Balaban J connectivity index is 3.10. The Bertz CT molecular complexity index is 57.2. The van der Waals surface area contributed by atoms with E-state index in [-0.39, 0.29) is 5.33 Å². The van der Waals surface area contributed by atoms with Gasteiger partial charge in [0.1, 0.15) is 6.17 Å². The molecule has 0 rings (SSSR count). The highest BCUT2D eigenvalue weighted by molar-refractivity contribution is 9.09. The quantitative estimate of drug-likeness (QED) is 0.600. The fourth-order valence-corrected chi connectivity index (χ4v) is 0.521. The molecule has 0 aromatic carbocycles. The Hall–Kier alpha value is 0.270. The molecule has 0 N–H and O–H groups in total. The van der Waals surface area contributed by atoms with E-state index in [0.29, 0.717) is 0 Å². The maximum absolute atomic E-state index is 11.9. The maximum Gasteiger partial charge on any atom is 0.241 e. The summed E-state index contributed by atoms with van der Waals surface area (Å²) in [6.07, 6.45) is -4.59. The molecule has 0 heterocycles. The summed E-state index contributed by atoms with van der Waals surface area (Å²) in [6, 6.07) is 0. The van der Waals surface area contributed by atoms with Crippen molar-refractivity contribution in [2.75, 3.05) is 5.33 Å². The van der Waals surface area contributed by atoms with Crippen LogP contribution < -0.4 is 0 Å². The largest absolute Gasteiger partial charge is 0.246 e. The van der Waals surface area contributed by atoms with Crippen LogP contribution in [0.2, 0.25) is 0 Å². The first-order chi connectivity index (χ1) is 3.66. The highest BCUT2D eigenvalue weighted by Gasteiger charge is 2.11. The van der Waals surface area contributed by atoms with Gasteiger partial charge in [-0.2, -0.15) is 0 Å². The van der Waals surface area contributed by atoms with Crippen molar-refractivity contribution in [2.24, 2.45) is 0 Å². The third kappa shape index (κ3) is 4.43. The van der Waals surface area contributed by atoms with Gasteiger partial charge in [0.15, 0.2) is 0 Å². The van der Waals surface area contributed by atoms with Crippen molar-refractivity contribution in [3.8, 4) is 0 Å². The van der Waals surface area contributed by atoms with Gasteiger partial charge in [-0.25, -0.2) is 13.2 Å². The summed E-state index contributed by atoms with van der Waals surface area (Å²) in [6.45, 7) is 0. The van der Waals surface area contributed by atoms with E-state index in [1.54, 1.807) is 0 Å². The van der Waals surface area contributed by atoms with Crippen molar-refractivity contribution in [3.05, 3.63) is 0 Å². The van der Waals surface area contributed by atoms with E-state index in [1.165, 1.54) is 0 Å². The normalized spacial score (nSPS) is 14.6. The molecule has 0 aliphatic heterocycles. The Morgan fingerprint density at radius 3 is 1.88 bits per heavy atom. The lowest BCUT2D eigenvalue weighted by molar-refractivity contribution is 0.107. The van der Waals surface area contributed by atoms with Crippen molar-refractivity contribution in [1.82, 2.24) is 0 Å². The molecule has 0 spiro atoms. The van der Waals surface area contributed by atoms with Crippen molar-refractivity contribution >= 4 is 15.9 Å². The van der Waals surface area contributed by atoms with E-state index in [0.717, 1.165) is 0 Å². The predicted octanol–water partition coefficient (Wildman–Crippen LogP) is 2.37. The van der Waals surface area contributed by atoms with Crippen molar-refractivity contribution < 1.29 is 13.2 Å². The van der Waals surface area contributed by atoms with E-state index in [9.17, 15) is 13.2 Å². The summed E-state index contributed by atoms with van der Waals surface area (Å²) in [4.78, 5) is 0. The van der Waals surface area contributed by atoms with Crippen molar-refractivity contribution in [2.45, 2.75) is 19.0 Å². The van der Waals surface area contributed by atoms with Gasteiger partial charge in [0.2, 0.25) is 6.43 Å². The van der Waals surface area contributed by atoms with Gasteiger partial charge in [-0.15, -0.1) is 0 Å². The van der Waals surface area contributed by atoms with Crippen LogP contribution in [-0.4, -0.2) is 17.9 Å². The second kappa shape index (κ2) is 4.18. The molecule has 0 nitrogen and oxygen atoms in total. The fourth-order valence-electron chi connectivity index (χ4n) is 0.256. The van der Waals surface area contributed by atoms with E-state index in [2.05, 4.69) is 15.9 Å². The lowest BCUT2D eigenvalue weighted by atomic mass is 10.3. The minimum absolute atomic E-state index is 0.00264. The lowest BCUT2D eigenvalue weighted by Gasteiger charge is -1.99. The average Bonchev–Trinajstić information content (AvgIpc) is 1.65. The van der Waals surface area contributed by atoms with Gasteiger partial charge in [0, 0.05) is 11.8 Å². The Morgan fingerprint density at radius 2 is 1.75 bits per heavy atom. The van der Waals surface area contributed by atoms with E-state index >= 15 is 0 Å². The number of halogens is 4. The molecule has 0 aromatic heterocycles. The summed E-state index contributed by atoms with van der Waals surface area (Å²) < 4.78 is 34.3. The first kappa shape index (κ1) is 8.27. The molecule has 0 bridgehead atoms. The molecule has 8 heavy (non-hydrogen) atoms. The zero-order chi connectivity index (χ0) is 6.57. The number of hydrogen-bond acceptors (Lipinski definition) is 0. The average molecular weight is 191 g/mol. The van der Waals surface area contributed by atoms with Gasteiger partial charge in [-0.05, 0) is 0 Å². The van der Waals surface area contributed by atoms with Gasteiger partial charge >= 0.3 is 0 Å². The molecular weight excluding hydrogens is 185 g/mol. The standard InChI is InChI=1S/C4H6BrF3/c5-2-3(6)1-4(7)8/h3-4H,1-2H2/t3-/m0/s1. The number of hydrogen-bond donors (Lipinski definition) is 0. The summed E-state index contributed by atoms with van der Waals surface area (Å²) in [5.41, 5.74) is 0. The van der Waals surface area contributed by atoms with Gasteiger partial charge in [0.25, 0.3) is 0 Å². The SMILES string of the molecule is FC(F)C[C@H](F)CBr.